The number of halogens is 1. The number of sulfonamides is 1. The number of nitro benzene ring substituents is 1. The minimum absolute atomic E-state index is 0.121. The quantitative estimate of drug-likeness (QED) is 0.396. The van der Waals surface area contributed by atoms with Crippen molar-refractivity contribution in [3.8, 4) is 0 Å². The molecule has 0 spiro atoms. The van der Waals surface area contributed by atoms with Gasteiger partial charge in [-0.25, -0.2) is 17.5 Å². The van der Waals surface area contributed by atoms with E-state index < -0.39 is 32.4 Å². The van der Waals surface area contributed by atoms with Crippen LogP contribution in [0.5, 0.6) is 0 Å². The molecule has 0 aliphatic heterocycles. The molecule has 2 aromatic carbocycles. The van der Waals surface area contributed by atoms with Gasteiger partial charge in [0.25, 0.3) is 11.6 Å². The van der Waals surface area contributed by atoms with Gasteiger partial charge in [0.2, 0.25) is 10.0 Å². The third-order valence-electron chi connectivity index (χ3n) is 3.79. The first kappa shape index (κ1) is 21.2. The minimum atomic E-state index is -3.51. The molecule has 1 amide bonds. The Labute approximate surface area is 161 Å². The lowest BCUT2D eigenvalue weighted by Gasteiger charge is -2.08. The average molecular weight is 407 g/mol. The molecular formula is C18H18FN3O5S. The maximum atomic E-state index is 13.8. The third kappa shape index (κ3) is 5.44. The van der Waals surface area contributed by atoms with E-state index in [4.69, 9.17) is 0 Å². The summed E-state index contributed by atoms with van der Waals surface area (Å²) in [6, 6.07) is 7.91. The maximum absolute atomic E-state index is 13.8. The SMILES string of the molecule is C=CCNS(=O)(=O)Cc1ccc(NC(=O)c2cc(F)c(C)c([N+](=O)[O-])c2)cc1. The van der Waals surface area contributed by atoms with Crippen molar-refractivity contribution in [2.24, 2.45) is 0 Å². The van der Waals surface area contributed by atoms with Crippen LogP contribution in [-0.4, -0.2) is 25.8 Å². The number of nitrogens with zero attached hydrogens (tertiary/aromatic N) is 1. The van der Waals surface area contributed by atoms with Crippen LogP contribution in [0.25, 0.3) is 0 Å². The molecule has 8 nitrogen and oxygen atoms in total. The Morgan fingerprint density at radius 3 is 2.50 bits per heavy atom. The predicted molar refractivity (Wildman–Crippen MR) is 103 cm³/mol. The van der Waals surface area contributed by atoms with E-state index in [-0.39, 0.29) is 23.4 Å². The van der Waals surface area contributed by atoms with Crippen LogP contribution >= 0.6 is 0 Å². The Bertz CT molecular complexity index is 1020. The van der Waals surface area contributed by atoms with Crippen molar-refractivity contribution in [3.63, 3.8) is 0 Å². The van der Waals surface area contributed by atoms with Gasteiger partial charge in [-0.3, -0.25) is 14.9 Å². The summed E-state index contributed by atoms with van der Waals surface area (Å²) in [6.07, 6.45) is 1.43. The van der Waals surface area contributed by atoms with Crippen molar-refractivity contribution in [1.82, 2.24) is 4.72 Å². The molecule has 0 atom stereocenters. The first-order chi connectivity index (χ1) is 13.1. The van der Waals surface area contributed by atoms with E-state index in [2.05, 4.69) is 16.6 Å². The molecule has 0 aliphatic rings. The largest absolute Gasteiger partial charge is 0.322 e. The summed E-state index contributed by atoms with van der Waals surface area (Å²) in [6.45, 7) is 4.81. The Morgan fingerprint density at radius 2 is 1.93 bits per heavy atom. The number of nitrogens with one attached hydrogen (secondary N) is 2. The highest BCUT2D eigenvalue weighted by Crippen LogP contribution is 2.23. The molecule has 0 saturated heterocycles. The number of anilines is 1. The van der Waals surface area contributed by atoms with E-state index in [0.29, 0.717) is 11.3 Å². The molecule has 0 saturated carbocycles. The van der Waals surface area contributed by atoms with Gasteiger partial charge in [0.05, 0.1) is 16.2 Å². The average Bonchev–Trinajstić information content (AvgIpc) is 2.63. The van der Waals surface area contributed by atoms with E-state index in [9.17, 15) is 27.7 Å². The highest BCUT2D eigenvalue weighted by molar-refractivity contribution is 7.88. The number of carbonyl (C=O) groups is 1. The molecule has 2 aromatic rings. The normalized spacial score (nSPS) is 11.1. The molecule has 0 aliphatic carbocycles. The van der Waals surface area contributed by atoms with Gasteiger partial charge < -0.3 is 5.32 Å². The Morgan fingerprint density at radius 1 is 1.29 bits per heavy atom. The molecule has 0 radical (unpaired) electrons. The molecule has 0 aromatic heterocycles. The number of carbonyl (C=O) groups excluding carboxylic acids is 1. The lowest BCUT2D eigenvalue weighted by molar-refractivity contribution is -0.385. The van der Waals surface area contributed by atoms with E-state index in [1.807, 2.05) is 0 Å². The fourth-order valence-corrected chi connectivity index (χ4v) is 3.43. The molecule has 0 heterocycles. The van der Waals surface area contributed by atoms with Gasteiger partial charge in [-0.05, 0) is 30.7 Å². The van der Waals surface area contributed by atoms with Crippen molar-refractivity contribution in [1.29, 1.82) is 0 Å². The van der Waals surface area contributed by atoms with E-state index >= 15 is 0 Å². The minimum Gasteiger partial charge on any atom is -0.322 e. The predicted octanol–water partition coefficient (Wildman–Crippen LogP) is 2.90. The first-order valence-corrected chi connectivity index (χ1v) is 9.71. The van der Waals surface area contributed by atoms with Crippen molar-refractivity contribution in [2.45, 2.75) is 12.7 Å². The molecule has 0 bridgehead atoms. The molecule has 2 N–H and O–H groups in total. The van der Waals surface area contributed by atoms with Crippen LogP contribution in [-0.2, 0) is 15.8 Å². The maximum Gasteiger partial charge on any atom is 0.276 e. The number of hydrogen-bond acceptors (Lipinski definition) is 5. The van der Waals surface area contributed by atoms with Crippen LogP contribution in [0.4, 0.5) is 15.8 Å². The summed E-state index contributed by atoms with van der Waals surface area (Å²) in [5.41, 5.74) is -0.0228. The molecular weight excluding hydrogens is 389 g/mol. The van der Waals surface area contributed by atoms with E-state index in [1.165, 1.54) is 37.3 Å². The van der Waals surface area contributed by atoms with Crippen LogP contribution < -0.4 is 10.0 Å². The number of rotatable bonds is 8. The van der Waals surface area contributed by atoms with Crippen LogP contribution in [0.1, 0.15) is 21.5 Å². The van der Waals surface area contributed by atoms with Crippen molar-refractivity contribution in [2.75, 3.05) is 11.9 Å². The lowest BCUT2D eigenvalue weighted by atomic mass is 10.1. The van der Waals surface area contributed by atoms with E-state index in [0.717, 1.165) is 12.1 Å². The fourth-order valence-electron chi connectivity index (χ4n) is 2.33. The summed E-state index contributed by atoms with van der Waals surface area (Å²) >= 11 is 0. The molecule has 0 fully saturated rings. The zero-order valence-electron chi connectivity index (χ0n) is 14.9. The standard InChI is InChI=1S/C18H18FN3O5S/c1-3-8-20-28(26,27)11-13-4-6-15(7-5-13)21-18(23)14-9-16(19)12(2)17(10-14)22(24)25/h3-7,9-10,20H,1,8,11H2,2H3,(H,21,23). The summed E-state index contributed by atoms with van der Waals surface area (Å²) in [5, 5.41) is 13.5. The van der Waals surface area contributed by atoms with Gasteiger partial charge in [0.1, 0.15) is 5.82 Å². The topological polar surface area (TPSA) is 118 Å². The number of hydrogen-bond donors (Lipinski definition) is 2. The molecule has 28 heavy (non-hydrogen) atoms. The summed E-state index contributed by atoms with van der Waals surface area (Å²) < 4.78 is 39.9. The highest BCUT2D eigenvalue weighted by Gasteiger charge is 2.19. The van der Waals surface area contributed by atoms with Gasteiger partial charge in [0.15, 0.2) is 0 Å². The van der Waals surface area contributed by atoms with Crippen molar-refractivity contribution >= 4 is 27.3 Å². The Kier molecular flexibility index (Phi) is 6.60. The second kappa shape index (κ2) is 8.72. The van der Waals surface area contributed by atoms with Crippen molar-refractivity contribution < 1.29 is 22.5 Å². The monoisotopic (exact) mass is 407 g/mol. The second-order valence-corrected chi connectivity index (χ2v) is 7.71. The van der Waals surface area contributed by atoms with Gasteiger partial charge in [0, 0.05) is 23.9 Å². The zero-order chi connectivity index (χ0) is 20.9. The molecule has 2 rings (SSSR count). The molecule has 0 unspecified atom stereocenters. The Hall–Kier alpha value is -3.11. The molecule has 148 valence electrons. The van der Waals surface area contributed by atoms with Gasteiger partial charge >= 0.3 is 0 Å². The summed E-state index contributed by atoms with van der Waals surface area (Å²) in [5.74, 6) is -1.83. The number of amides is 1. The summed E-state index contributed by atoms with van der Waals surface area (Å²) in [7, 11) is -3.51. The smallest absolute Gasteiger partial charge is 0.276 e. The summed E-state index contributed by atoms with van der Waals surface area (Å²) in [4.78, 5) is 22.5. The van der Waals surface area contributed by atoms with Crippen LogP contribution in [0.3, 0.4) is 0 Å². The Balaban J connectivity index is 2.13. The van der Waals surface area contributed by atoms with Crippen LogP contribution in [0.2, 0.25) is 0 Å². The number of benzene rings is 2. The van der Waals surface area contributed by atoms with Crippen LogP contribution in [0, 0.1) is 22.9 Å². The van der Waals surface area contributed by atoms with Crippen LogP contribution in [0.15, 0.2) is 49.1 Å². The zero-order valence-corrected chi connectivity index (χ0v) is 15.8. The van der Waals surface area contributed by atoms with Gasteiger partial charge in [-0.1, -0.05) is 18.2 Å². The van der Waals surface area contributed by atoms with Gasteiger partial charge in [-0.2, -0.15) is 0 Å². The molecule has 10 heteroatoms. The third-order valence-corrected chi connectivity index (χ3v) is 5.11. The van der Waals surface area contributed by atoms with E-state index in [1.54, 1.807) is 0 Å². The van der Waals surface area contributed by atoms with Gasteiger partial charge in [-0.15, -0.1) is 6.58 Å². The highest BCUT2D eigenvalue weighted by atomic mass is 32.2. The first-order valence-electron chi connectivity index (χ1n) is 8.06. The van der Waals surface area contributed by atoms with Crippen molar-refractivity contribution in [3.05, 3.63) is 81.7 Å². The number of nitro groups is 1. The lowest BCUT2D eigenvalue weighted by Crippen LogP contribution is -2.25. The second-order valence-electron chi connectivity index (χ2n) is 5.91. The fraction of sp³-hybridized carbons (Fsp3) is 0.167.